The van der Waals surface area contributed by atoms with Gasteiger partial charge in [0.25, 0.3) is 0 Å². The first-order valence-electron chi connectivity index (χ1n) is 13.4. The van der Waals surface area contributed by atoms with Gasteiger partial charge in [0.2, 0.25) is 0 Å². The quantitative estimate of drug-likeness (QED) is 0.170. The Morgan fingerprint density at radius 3 is 1.41 bits per heavy atom. The summed E-state index contributed by atoms with van der Waals surface area (Å²) in [6.45, 7) is 0. The van der Waals surface area contributed by atoms with E-state index in [1.165, 1.54) is 12.1 Å². The molecule has 0 unspecified atom stereocenters. The Morgan fingerprint density at radius 1 is 0.659 bits per heavy atom. The zero-order valence-corrected chi connectivity index (χ0v) is 24.7. The van der Waals surface area contributed by atoms with E-state index in [0.29, 0.717) is 36.8 Å². The highest BCUT2D eigenvalue weighted by Gasteiger charge is 2.52. The van der Waals surface area contributed by atoms with Crippen LogP contribution in [0.5, 0.6) is 11.5 Å². The lowest BCUT2D eigenvalue weighted by Crippen LogP contribution is -2.25. The maximum Gasteiger partial charge on any atom is 0.584 e. The molecule has 0 fully saturated rings. The maximum atomic E-state index is 13.7. The molecule has 4 aromatic rings. The van der Waals surface area contributed by atoms with Gasteiger partial charge in [-0.1, -0.05) is 59.6 Å². The first kappa shape index (κ1) is 29.5. The molecule has 1 aliphatic heterocycles. The molecule has 1 N–H and O–H groups in total. The Hall–Kier alpha value is -3.17. The van der Waals surface area contributed by atoms with Crippen molar-refractivity contribution in [2.75, 3.05) is 0 Å². The Balaban J connectivity index is 1.47. The standard InChI is InChI=1S/C31H19Cl2F6O4P/c32-23-13-17(30(34,35)36)3-7-19(23)21-5-1-15-9-11-29-12-10-16-2-6-22(20-8-4-18(14-24(20)33)31(37,38)39)28(26(16)29)43-44(40,41)42-27(21)25(15)29/h1-8,13-14H,9-12H2,(H,40,41). The third-order valence-electron chi connectivity index (χ3n) is 8.67. The summed E-state index contributed by atoms with van der Waals surface area (Å²) in [5, 5.41) is -0.455. The number of hydrogen-bond donors (Lipinski definition) is 1. The highest BCUT2D eigenvalue weighted by atomic mass is 35.5. The van der Waals surface area contributed by atoms with Crippen molar-refractivity contribution in [2.45, 2.75) is 43.5 Å². The van der Waals surface area contributed by atoms with Crippen LogP contribution in [0.1, 0.15) is 46.2 Å². The third kappa shape index (κ3) is 4.52. The molecule has 7 rings (SSSR count). The van der Waals surface area contributed by atoms with E-state index in [1.807, 2.05) is 0 Å². The molecule has 0 saturated heterocycles. The smallest absolute Gasteiger partial charge is 0.394 e. The second-order valence-corrected chi connectivity index (χ2v) is 13.2. The fourth-order valence-electron chi connectivity index (χ4n) is 6.84. The van der Waals surface area contributed by atoms with Crippen LogP contribution >= 0.6 is 31.0 Å². The molecule has 0 amide bonds. The van der Waals surface area contributed by atoms with Gasteiger partial charge in [0, 0.05) is 48.8 Å². The molecule has 44 heavy (non-hydrogen) atoms. The molecule has 1 heterocycles. The van der Waals surface area contributed by atoms with Gasteiger partial charge in [-0.3, -0.25) is 4.89 Å². The summed E-state index contributed by atoms with van der Waals surface area (Å²) in [6.07, 6.45) is -7.01. The molecule has 4 nitrogen and oxygen atoms in total. The fourth-order valence-corrected chi connectivity index (χ4v) is 8.28. The van der Waals surface area contributed by atoms with Crippen LogP contribution in [0.4, 0.5) is 26.3 Å². The van der Waals surface area contributed by atoms with Crippen LogP contribution in [0.15, 0.2) is 60.7 Å². The average molecular weight is 671 g/mol. The van der Waals surface area contributed by atoms with E-state index in [0.717, 1.165) is 35.4 Å². The molecular formula is C31H19Cl2F6O4P. The van der Waals surface area contributed by atoms with E-state index in [1.54, 1.807) is 24.3 Å². The summed E-state index contributed by atoms with van der Waals surface area (Å²) in [4.78, 5) is 11.1. The largest absolute Gasteiger partial charge is 0.584 e. The lowest BCUT2D eigenvalue weighted by Gasteiger charge is -2.34. The minimum atomic E-state index is -5.01. The Kier molecular flexibility index (Phi) is 6.49. The Morgan fingerprint density at radius 2 is 1.05 bits per heavy atom. The molecule has 3 aliphatic rings. The molecule has 0 saturated carbocycles. The third-order valence-corrected chi connectivity index (χ3v) is 10.1. The van der Waals surface area contributed by atoms with E-state index in [4.69, 9.17) is 32.2 Å². The monoisotopic (exact) mass is 670 g/mol. The molecule has 228 valence electrons. The number of phosphoric ester groups is 1. The zero-order chi connectivity index (χ0) is 31.4. The van der Waals surface area contributed by atoms with Crippen molar-refractivity contribution < 1.29 is 44.8 Å². The van der Waals surface area contributed by atoms with Crippen LogP contribution in [0.3, 0.4) is 0 Å². The van der Waals surface area contributed by atoms with E-state index in [2.05, 4.69) is 0 Å². The van der Waals surface area contributed by atoms with Crippen molar-refractivity contribution >= 4 is 31.0 Å². The summed E-state index contributed by atoms with van der Waals surface area (Å²) in [5.74, 6) is -0.0204. The van der Waals surface area contributed by atoms with Crippen LogP contribution < -0.4 is 9.05 Å². The Labute approximate surface area is 256 Å². The fraction of sp³-hybridized carbons (Fsp3) is 0.226. The summed E-state index contributed by atoms with van der Waals surface area (Å²) < 4.78 is 105. The normalized spacial score (nSPS) is 17.7. The van der Waals surface area contributed by atoms with Crippen molar-refractivity contribution in [1.29, 1.82) is 0 Å². The SMILES string of the molecule is O=P1(O)Oc2c(-c3ccc(C(F)(F)F)cc3Cl)ccc3c2C2(CC3)CCc3ccc(-c4ccc(C(F)(F)F)cc4Cl)c(c32)O1. The van der Waals surface area contributed by atoms with Gasteiger partial charge in [-0.25, -0.2) is 4.57 Å². The lowest BCUT2D eigenvalue weighted by atomic mass is 9.74. The number of aryl methyl sites for hydroxylation is 2. The highest BCUT2D eigenvalue weighted by molar-refractivity contribution is 7.48. The van der Waals surface area contributed by atoms with Crippen LogP contribution in [-0.2, 0) is 35.2 Å². The number of alkyl halides is 6. The van der Waals surface area contributed by atoms with Crippen molar-refractivity contribution in [2.24, 2.45) is 0 Å². The van der Waals surface area contributed by atoms with Crippen LogP contribution in [0.2, 0.25) is 10.0 Å². The summed E-state index contributed by atoms with van der Waals surface area (Å²) in [6, 6.07) is 12.5. The minimum Gasteiger partial charge on any atom is -0.394 e. The molecule has 2 aliphatic carbocycles. The molecule has 0 aromatic heterocycles. The molecule has 4 aromatic carbocycles. The molecule has 0 radical (unpaired) electrons. The second kappa shape index (κ2) is 9.66. The number of phosphoric acid groups is 1. The van der Waals surface area contributed by atoms with Crippen molar-refractivity contribution in [1.82, 2.24) is 0 Å². The second-order valence-electron chi connectivity index (χ2n) is 11.1. The van der Waals surface area contributed by atoms with Gasteiger partial charge in [-0.2, -0.15) is 26.3 Å². The number of halogens is 8. The number of hydrogen-bond acceptors (Lipinski definition) is 3. The van der Waals surface area contributed by atoms with Gasteiger partial charge >= 0.3 is 20.2 Å². The summed E-state index contributed by atoms with van der Waals surface area (Å²) >= 11 is 12.7. The van der Waals surface area contributed by atoms with Gasteiger partial charge in [-0.15, -0.1) is 0 Å². The van der Waals surface area contributed by atoms with Gasteiger partial charge in [0.1, 0.15) is 11.5 Å². The topological polar surface area (TPSA) is 55.8 Å². The predicted octanol–water partition coefficient (Wildman–Crippen LogP) is 10.4. The number of benzene rings is 4. The molecule has 1 spiro atoms. The van der Waals surface area contributed by atoms with Crippen molar-refractivity contribution in [3.63, 3.8) is 0 Å². The van der Waals surface area contributed by atoms with Crippen LogP contribution in [0.25, 0.3) is 22.3 Å². The van der Waals surface area contributed by atoms with Gasteiger partial charge in [0.15, 0.2) is 0 Å². The van der Waals surface area contributed by atoms with E-state index < -0.39 is 36.7 Å². The predicted molar refractivity (Wildman–Crippen MR) is 152 cm³/mol. The van der Waals surface area contributed by atoms with E-state index in [-0.39, 0.29) is 43.8 Å². The lowest BCUT2D eigenvalue weighted by molar-refractivity contribution is -0.138. The first-order chi connectivity index (χ1) is 20.6. The number of rotatable bonds is 2. The first-order valence-corrected chi connectivity index (χ1v) is 15.6. The van der Waals surface area contributed by atoms with Gasteiger partial charge < -0.3 is 9.05 Å². The molecule has 0 bridgehead atoms. The zero-order valence-electron chi connectivity index (χ0n) is 22.2. The van der Waals surface area contributed by atoms with E-state index in [9.17, 15) is 35.8 Å². The molecular weight excluding hydrogens is 652 g/mol. The van der Waals surface area contributed by atoms with Gasteiger partial charge in [-0.05, 0) is 61.1 Å². The van der Waals surface area contributed by atoms with Gasteiger partial charge in [0.05, 0.1) is 11.1 Å². The maximum absolute atomic E-state index is 13.7. The van der Waals surface area contributed by atoms with Crippen LogP contribution in [-0.4, -0.2) is 4.89 Å². The molecule has 13 heteroatoms. The Bertz CT molecular complexity index is 1800. The van der Waals surface area contributed by atoms with Crippen LogP contribution in [0, 0.1) is 0 Å². The highest BCUT2D eigenvalue weighted by Crippen LogP contribution is 2.65. The van der Waals surface area contributed by atoms with E-state index >= 15 is 0 Å². The van der Waals surface area contributed by atoms with Crippen molar-refractivity contribution in [3.8, 4) is 33.8 Å². The summed E-state index contributed by atoms with van der Waals surface area (Å²) in [7, 11) is -5.01. The van der Waals surface area contributed by atoms with Crippen molar-refractivity contribution in [3.05, 3.63) is 104 Å². The molecule has 0 atom stereocenters. The summed E-state index contributed by atoms with van der Waals surface area (Å²) in [5.41, 5.74) is 0.973. The average Bonchev–Trinajstić information content (AvgIpc) is 3.49. The minimum absolute atomic E-state index is 0.0102.